The van der Waals surface area contributed by atoms with Gasteiger partial charge in [-0.1, -0.05) is 30.3 Å². The molecule has 26 heavy (non-hydrogen) atoms. The fraction of sp³-hybridized carbons (Fsp3) is 0.286. The zero-order valence-electron chi connectivity index (χ0n) is 15.0. The number of benzene rings is 2. The van der Waals surface area contributed by atoms with Crippen LogP contribution in [0.1, 0.15) is 15.9 Å². The Morgan fingerprint density at radius 1 is 1.12 bits per heavy atom. The first-order chi connectivity index (χ1) is 12.8. The van der Waals surface area contributed by atoms with E-state index in [2.05, 4.69) is 35.4 Å². The van der Waals surface area contributed by atoms with E-state index in [1.54, 1.807) is 7.11 Å². The van der Waals surface area contributed by atoms with E-state index in [0.717, 1.165) is 32.7 Å². The van der Waals surface area contributed by atoms with Crippen LogP contribution in [0.5, 0.6) is 5.75 Å². The van der Waals surface area contributed by atoms with Crippen molar-refractivity contribution in [2.45, 2.75) is 6.54 Å². The number of H-pyrrole nitrogens is 1. The number of amides is 1. The van der Waals surface area contributed by atoms with Crippen LogP contribution in [-0.2, 0) is 6.54 Å². The van der Waals surface area contributed by atoms with E-state index >= 15 is 0 Å². The third-order valence-electron chi connectivity index (χ3n) is 5.21. The average Bonchev–Trinajstić information content (AvgIpc) is 3.11. The Morgan fingerprint density at radius 2 is 1.85 bits per heavy atom. The van der Waals surface area contributed by atoms with Gasteiger partial charge in [-0.15, -0.1) is 0 Å². The Kier molecular flexibility index (Phi) is 4.63. The van der Waals surface area contributed by atoms with Gasteiger partial charge in [0, 0.05) is 22.7 Å². The zero-order chi connectivity index (χ0) is 17.9. The number of aromatic amines is 1. The molecule has 1 aliphatic rings. The van der Waals surface area contributed by atoms with E-state index in [9.17, 15) is 4.79 Å². The van der Waals surface area contributed by atoms with Crippen molar-refractivity contribution in [3.63, 3.8) is 0 Å². The third kappa shape index (κ3) is 3.18. The molecule has 134 valence electrons. The van der Waals surface area contributed by atoms with Gasteiger partial charge in [0.25, 0.3) is 5.91 Å². The molecule has 0 atom stereocenters. The summed E-state index contributed by atoms with van der Waals surface area (Å²) >= 11 is 0. The van der Waals surface area contributed by atoms with E-state index in [1.165, 1.54) is 21.4 Å². The number of aromatic nitrogens is 1. The highest BCUT2D eigenvalue weighted by Gasteiger charge is 2.26. The quantitative estimate of drug-likeness (QED) is 0.753. The number of nitrogens with zero attached hydrogens (tertiary/aromatic N) is 1. The Balaban J connectivity index is 1.40. The van der Waals surface area contributed by atoms with Crippen LogP contribution < -0.4 is 9.64 Å². The van der Waals surface area contributed by atoms with Crippen molar-refractivity contribution in [2.24, 2.45) is 0 Å². The van der Waals surface area contributed by atoms with Crippen LogP contribution in [0, 0.1) is 0 Å². The van der Waals surface area contributed by atoms with Gasteiger partial charge in [-0.25, -0.2) is 0 Å². The lowest BCUT2D eigenvalue weighted by Crippen LogP contribution is -3.13. The number of hydrogen-bond donors (Lipinski definition) is 2. The summed E-state index contributed by atoms with van der Waals surface area (Å²) in [4.78, 5) is 19.6. The molecule has 1 saturated heterocycles. The number of piperazine rings is 1. The number of hydrogen-bond acceptors (Lipinski definition) is 2. The standard InChI is InChI=1S/C21H23N3O2/c1-26-20-9-5-3-7-18(20)21(25)24-12-10-23(11-13-24)15-16-14-22-19-8-4-2-6-17(16)19/h2-9,14,22H,10-13,15H2,1H3/p+1. The summed E-state index contributed by atoms with van der Waals surface area (Å²) in [5.41, 5.74) is 3.18. The summed E-state index contributed by atoms with van der Waals surface area (Å²) in [6.07, 6.45) is 2.12. The van der Waals surface area contributed by atoms with Crippen molar-refractivity contribution >= 4 is 16.8 Å². The largest absolute Gasteiger partial charge is 0.496 e. The van der Waals surface area contributed by atoms with Gasteiger partial charge >= 0.3 is 0 Å². The maximum atomic E-state index is 12.8. The Morgan fingerprint density at radius 3 is 2.65 bits per heavy atom. The van der Waals surface area contributed by atoms with Gasteiger partial charge in [0.1, 0.15) is 12.3 Å². The lowest BCUT2D eigenvalue weighted by Gasteiger charge is -2.32. The van der Waals surface area contributed by atoms with E-state index in [1.807, 2.05) is 29.2 Å². The Bertz CT molecular complexity index is 910. The van der Waals surface area contributed by atoms with E-state index in [-0.39, 0.29) is 5.91 Å². The van der Waals surface area contributed by atoms with Gasteiger partial charge in [0.2, 0.25) is 0 Å². The van der Waals surface area contributed by atoms with Crippen LogP contribution in [0.3, 0.4) is 0 Å². The molecule has 1 fully saturated rings. The molecule has 0 bridgehead atoms. The predicted octanol–water partition coefficient (Wildman–Crippen LogP) is 1.72. The summed E-state index contributed by atoms with van der Waals surface area (Å²) in [6, 6.07) is 15.9. The van der Waals surface area contributed by atoms with Crippen LogP contribution in [0.25, 0.3) is 10.9 Å². The molecule has 2 N–H and O–H groups in total. The monoisotopic (exact) mass is 350 g/mol. The molecule has 0 spiro atoms. The minimum atomic E-state index is 0.0635. The molecule has 1 aliphatic heterocycles. The molecule has 0 radical (unpaired) electrons. The molecular formula is C21H24N3O2+. The van der Waals surface area contributed by atoms with Crippen molar-refractivity contribution in [1.82, 2.24) is 9.88 Å². The average molecular weight is 350 g/mol. The molecule has 2 aromatic carbocycles. The predicted molar refractivity (Wildman–Crippen MR) is 102 cm³/mol. The lowest BCUT2D eigenvalue weighted by atomic mass is 10.1. The molecule has 3 aromatic rings. The highest BCUT2D eigenvalue weighted by Crippen LogP contribution is 2.19. The van der Waals surface area contributed by atoms with E-state index in [0.29, 0.717) is 11.3 Å². The number of para-hydroxylation sites is 2. The molecule has 5 nitrogen and oxygen atoms in total. The maximum Gasteiger partial charge on any atom is 0.258 e. The molecule has 1 amide bonds. The second-order valence-electron chi connectivity index (χ2n) is 6.78. The smallest absolute Gasteiger partial charge is 0.258 e. The molecule has 0 saturated carbocycles. The van der Waals surface area contributed by atoms with Crippen molar-refractivity contribution < 1.29 is 14.4 Å². The number of methoxy groups -OCH3 is 1. The minimum Gasteiger partial charge on any atom is -0.496 e. The number of nitrogens with one attached hydrogen (secondary N) is 2. The number of carbonyl (C=O) groups is 1. The second-order valence-corrected chi connectivity index (χ2v) is 6.78. The van der Waals surface area contributed by atoms with Gasteiger partial charge in [0.15, 0.2) is 0 Å². The van der Waals surface area contributed by atoms with Crippen LogP contribution in [0.2, 0.25) is 0 Å². The molecule has 4 rings (SSSR count). The number of rotatable bonds is 4. The number of ether oxygens (including phenoxy) is 1. The van der Waals surface area contributed by atoms with Crippen LogP contribution in [0.4, 0.5) is 0 Å². The summed E-state index contributed by atoms with van der Waals surface area (Å²) in [5, 5.41) is 1.30. The van der Waals surface area contributed by atoms with Gasteiger partial charge in [-0.2, -0.15) is 0 Å². The summed E-state index contributed by atoms with van der Waals surface area (Å²) < 4.78 is 5.33. The molecule has 0 unspecified atom stereocenters. The molecule has 0 aliphatic carbocycles. The fourth-order valence-electron chi connectivity index (χ4n) is 3.74. The molecule has 2 heterocycles. The van der Waals surface area contributed by atoms with Crippen LogP contribution in [0.15, 0.2) is 54.7 Å². The van der Waals surface area contributed by atoms with Gasteiger partial charge in [-0.05, 0) is 18.2 Å². The minimum absolute atomic E-state index is 0.0635. The van der Waals surface area contributed by atoms with Crippen LogP contribution >= 0.6 is 0 Å². The fourth-order valence-corrected chi connectivity index (χ4v) is 3.74. The first kappa shape index (κ1) is 16.7. The molecular weight excluding hydrogens is 326 g/mol. The highest BCUT2D eigenvalue weighted by atomic mass is 16.5. The normalized spacial score (nSPS) is 15.3. The maximum absolute atomic E-state index is 12.8. The van der Waals surface area contributed by atoms with Crippen molar-refractivity contribution in [2.75, 3.05) is 33.3 Å². The number of fused-ring (bicyclic) bond motifs is 1. The van der Waals surface area contributed by atoms with Gasteiger partial charge < -0.3 is 19.5 Å². The zero-order valence-corrected chi connectivity index (χ0v) is 15.0. The van der Waals surface area contributed by atoms with E-state index < -0.39 is 0 Å². The van der Waals surface area contributed by atoms with Gasteiger partial charge in [0.05, 0.1) is 38.9 Å². The van der Waals surface area contributed by atoms with E-state index in [4.69, 9.17) is 4.74 Å². The first-order valence-corrected chi connectivity index (χ1v) is 9.07. The summed E-state index contributed by atoms with van der Waals surface area (Å²) in [5.74, 6) is 0.708. The summed E-state index contributed by atoms with van der Waals surface area (Å²) in [7, 11) is 1.61. The highest BCUT2D eigenvalue weighted by molar-refractivity contribution is 5.97. The van der Waals surface area contributed by atoms with Crippen molar-refractivity contribution in [3.8, 4) is 5.75 Å². The SMILES string of the molecule is COc1ccccc1C(=O)N1CC[NH+](Cc2c[nH]c3ccccc23)CC1. The first-order valence-electron chi connectivity index (χ1n) is 9.07. The second kappa shape index (κ2) is 7.22. The summed E-state index contributed by atoms with van der Waals surface area (Å²) in [6.45, 7) is 4.45. The number of quaternary nitrogens is 1. The Labute approximate surface area is 153 Å². The van der Waals surface area contributed by atoms with Crippen molar-refractivity contribution in [1.29, 1.82) is 0 Å². The Hall–Kier alpha value is -2.79. The third-order valence-corrected chi connectivity index (χ3v) is 5.21. The molecule has 5 heteroatoms. The topological polar surface area (TPSA) is 49.8 Å². The van der Waals surface area contributed by atoms with Crippen molar-refractivity contribution in [3.05, 3.63) is 65.9 Å². The van der Waals surface area contributed by atoms with Gasteiger partial charge in [-0.3, -0.25) is 4.79 Å². The van der Waals surface area contributed by atoms with Crippen LogP contribution in [-0.4, -0.2) is 49.1 Å². The molecule has 1 aromatic heterocycles. The number of carbonyl (C=O) groups excluding carboxylic acids is 1. The lowest BCUT2D eigenvalue weighted by molar-refractivity contribution is -0.917.